The summed E-state index contributed by atoms with van der Waals surface area (Å²) in [5, 5.41) is 9.46. The van der Waals surface area contributed by atoms with E-state index >= 15 is 0 Å². The molecule has 2 rings (SSSR count). The van der Waals surface area contributed by atoms with Crippen LogP contribution < -0.4 is 4.74 Å². The first-order chi connectivity index (χ1) is 9.20. The van der Waals surface area contributed by atoms with Gasteiger partial charge in [0.05, 0.1) is 13.0 Å². The predicted octanol–water partition coefficient (Wildman–Crippen LogP) is 3.52. The quantitative estimate of drug-likeness (QED) is 0.883. The molecule has 19 heavy (non-hydrogen) atoms. The van der Waals surface area contributed by atoms with Crippen LogP contribution in [0.3, 0.4) is 0 Å². The molecule has 1 aromatic rings. The van der Waals surface area contributed by atoms with E-state index in [0.29, 0.717) is 12.3 Å². The lowest BCUT2D eigenvalue weighted by Gasteiger charge is -2.27. The lowest BCUT2D eigenvalue weighted by molar-refractivity contribution is -0.144. The fraction of sp³-hybridized carbons (Fsp3) is 0.562. The molecule has 0 spiro atoms. The van der Waals surface area contributed by atoms with E-state index in [9.17, 15) is 9.90 Å². The van der Waals surface area contributed by atoms with Gasteiger partial charge in [0.15, 0.2) is 0 Å². The molecule has 3 heteroatoms. The molecule has 0 amide bonds. The molecule has 0 saturated heterocycles. The summed E-state index contributed by atoms with van der Waals surface area (Å²) in [6, 6.07) is 7.74. The van der Waals surface area contributed by atoms with Gasteiger partial charge in [-0.15, -0.1) is 0 Å². The normalized spacial score (nSPS) is 17.9. The average molecular weight is 262 g/mol. The maximum atomic E-state index is 11.5. The van der Waals surface area contributed by atoms with E-state index < -0.39 is 5.97 Å². The number of aliphatic carboxylic acids is 1. The third-order valence-corrected chi connectivity index (χ3v) is 4.15. The van der Waals surface area contributed by atoms with Crippen molar-refractivity contribution in [2.45, 2.75) is 38.5 Å². The number of rotatable bonds is 5. The Morgan fingerprint density at radius 3 is 2.42 bits per heavy atom. The Balaban J connectivity index is 2.04. The molecule has 0 aliphatic heterocycles. The molecule has 1 saturated carbocycles. The van der Waals surface area contributed by atoms with Gasteiger partial charge in [0, 0.05) is 0 Å². The van der Waals surface area contributed by atoms with Gasteiger partial charge in [-0.2, -0.15) is 0 Å². The molecule has 1 fully saturated rings. The first kappa shape index (κ1) is 13.9. The monoisotopic (exact) mass is 262 g/mol. The highest BCUT2D eigenvalue weighted by molar-refractivity contribution is 5.70. The van der Waals surface area contributed by atoms with Crippen LogP contribution in [0.5, 0.6) is 5.75 Å². The number of carbonyl (C=O) groups is 1. The highest BCUT2D eigenvalue weighted by Crippen LogP contribution is 2.32. The molecule has 1 unspecified atom stereocenters. The number of hydrogen-bond donors (Lipinski definition) is 1. The number of hydrogen-bond acceptors (Lipinski definition) is 2. The van der Waals surface area contributed by atoms with Crippen LogP contribution in [-0.2, 0) is 11.2 Å². The highest BCUT2D eigenvalue weighted by Gasteiger charge is 2.29. The second-order valence-corrected chi connectivity index (χ2v) is 5.40. The van der Waals surface area contributed by atoms with Crippen LogP contribution in [0.2, 0.25) is 0 Å². The molecular formula is C16H22O3. The van der Waals surface area contributed by atoms with Gasteiger partial charge in [-0.1, -0.05) is 31.4 Å². The Labute approximate surface area is 114 Å². The standard InChI is InChI=1S/C16H22O3/c1-19-14-9-7-12(8-10-14)11-15(16(17)18)13-5-3-2-4-6-13/h7-10,13,15H,2-6,11H2,1H3,(H,17,18). The topological polar surface area (TPSA) is 46.5 Å². The van der Waals surface area contributed by atoms with Crippen molar-refractivity contribution in [2.75, 3.05) is 7.11 Å². The minimum Gasteiger partial charge on any atom is -0.497 e. The SMILES string of the molecule is COc1ccc(CC(C(=O)O)C2CCCCC2)cc1. The third kappa shape index (κ3) is 3.72. The summed E-state index contributed by atoms with van der Waals surface area (Å²) in [6.07, 6.45) is 6.36. The zero-order valence-corrected chi connectivity index (χ0v) is 11.5. The van der Waals surface area contributed by atoms with E-state index in [1.54, 1.807) is 7.11 Å². The molecule has 0 aromatic heterocycles. The number of benzene rings is 1. The molecular weight excluding hydrogens is 240 g/mol. The van der Waals surface area contributed by atoms with E-state index in [-0.39, 0.29) is 5.92 Å². The lowest BCUT2D eigenvalue weighted by Crippen LogP contribution is -2.27. The first-order valence-electron chi connectivity index (χ1n) is 7.06. The van der Waals surface area contributed by atoms with Crippen LogP contribution in [0, 0.1) is 11.8 Å². The number of carboxylic acids is 1. The molecule has 3 nitrogen and oxygen atoms in total. The summed E-state index contributed by atoms with van der Waals surface area (Å²) in [7, 11) is 1.64. The van der Waals surface area contributed by atoms with Gasteiger partial charge in [-0.25, -0.2) is 0 Å². The van der Waals surface area contributed by atoms with Crippen LogP contribution in [0.25, 0.3) is 0 Å². The molecule has 1 N–H and O–H groups in total. The summed E-state index contributed by atoms with van der Waals surface area (Å²) < 4.78 is 5.12. The predicted molar refractivity (Wildman–Crippen MR) is 74.4 cm³/mol. The third-order valence-electron chi connectivity index (χ3n) is 4.15. The van der Waals surface area contributed by atoms with Crippen molar-refractivity contribution in [3.63, 3.8) is 0 Å². The van der Waals surface area contributed by atoms with E-state index in [0.717, 1.165) is 24.2 Å². The molecule has 0 radical (unpaired) electrons. The number of carboxylic acid groups (broad SMARTS) is 1. The summed E-state index contributed by atoms with van der Waals surface area (Å²) in [5.74, 6) is 0.262. The van der Waals surface area contributed by atoms with Crippen LogP contribution in [0.15, 0.2) is 24.3 Å². The molecule has 1 aliphatic rings. The van der Waals surface area contributed by atoms with Crippen molar-refractivity contribution in [1.29, 1.82) is 0 Å². The largest absolute Gasteiger partial charge is 0.497 e. The van der Waals surface area contributed by atoms with Crippen molar-refractivity contribution in [3.8, 4) is 5.75 Å². The number of methoxy groups -OCH3 is 1. The van der Waals surface area contributed by atoms with Crippen molar-refractivity contribution < 1.29 is 14.6 Å². The smallest absolute Gasteiger partial charge is 0.307 e. The van der Waals surface area contributed by atoms with Gasteiger partial charge in [0.25, 0.3) is 0 Å². The first-order valence-corrected chi connectivity index (χ1v) is 7.06. The Bertz CT molecular complexity index is 405. The van der Waals surface area contributed by atoms with Gasteiger partial charge in [-0.3, -0.25) is 4.79 Å². The van der Waals surface area contributed by atoms with Gasteiger partial charge < -0.3 is 9.84 Å². The van der Waals surface area contributed by atoms with Crippen molar-refractivity contribution >= 4 is 5.97 Å². The van der Waals surface area contributed by atoms with Crippen LogP contribution >= 0.6 is 0 Å². The molecule has 104 valence electrons. The maximum absolute atomic E-state index is 11.5. The zero-order valence-electron chi connectivity index (χ0n) is 11.5. The minimum absolute atomic E-state index is 0.242. The molecule has 0 heterocycles. The Kier molecular flexibility index (Phi) is 4.83. The Morgan fingerprint density at radius 1 is 1.26 bits per heavy atom. The summed E-state index contributed by atoms with van der Waals surface area (Å²) in [5.41, 5.74) is 1.08. The van der Waals surface area contributed by atoms with Crippen LogP contribution in [-0.4, -0.2) is 18.2 Å². The van der Waals surface area contributed by atoms with Crippen molar-refractivity contribution in [2.24, 2.45) is 11.8 Å². The fourth-order valence-electron chi connectivity index (χ4n) is 3.01. The van der Waals surface area contributed by atoms with E-state index in [2.05, 4.69) is 0 Å². The van der Waals surface area contributed by atoms with Crippen molar-refractivity contribution in [1.82, 2.24) is 0 Å². The van der Waals surface area contributed by atoms with Gasteiger partial charge in [-0.05, 0) is 42.9 Å². The molecule has 1 atom stereocenters. The maximum Gasteiger partial charge on any atom is 0.307 e. The zero-order chi connectivity index (χ0) is 13.7. The van der Waals surface area contributed by atoms with Crippen LogP contribution in [0.4, 0.5) is 0 Å². The van der Waals surface area contributed by atoms with Gasteiger partial charge in [0.2, 0.25) is 0 Å². The van der Waals surface area contributed by atoms with Gasteiger partial charge >= 0.3 is 5.97 Å². The second-order valence-electron chi connectivity index (χ2n) is 5.40. The fourth-order valence-corrected chi connectivity index (χ4v) is 3.01. The molecule has 1 aliphatic carbocycles. The average Bonchev–Trinajstić information content (AvgIpc) is 2.46. The van der Waals surface area contributed by atoms with E-state index in [1.807, 2.05) is 24.3 Å². The summed E-state index contributed by atoms with van der Waals surface area (Å²) in [4.78, 5) is 11.5. The van der Waals surface area contributed by atoms with Crippen LogP contribution in [0.1, 0.15) is 37.7 Å². The lowest BCUT2D eigenvalue weighted by atomic mass is 9.77. The van der Waals surface area contributed by atoms with Crippen molar-refractivity contribution in [3.05, 3.63) is 29.8 Å². The minimum atomic E-state index is -0.650. The van der Waals surface area contributed by atoms with E-state index in [4.69, 9.17) is 4.74 Å². The van der Waals surface area contributed by atoms with Gasteiger partial charge in [0.1, 0.15) is 5.75 Å². The second kappa shape index (κ2) is 6.60. The Morgan fingerprint density at radius 2 is 1.89 bits per heavy atom. The summed E-state index contributed by atoms with van der Waals surface area (Å²) in [6.45, 7) is 0. The number of ether oxygens (including phenoxy) is 1. The molecule has 1 aromatic carbocycles. The highest BCUT2D eigenvalue weighted by atomic mass is 16.5. The molecule has 0 bridgehead atoms. The summed E-state index contributed by atoms with van der Waals surface area (Å²) >= 11 is 0. The van der Waals surface area contributed by atoms with E-state index in [1.165, 1.54) is 19.3 Å². The Hall–Kier alpha value is -1.51.